The second kappa shape index (κ2) is 11.3. The summed E-state index contributed by atoms with van der Waals surface area (Å²) in [4.78, 5) is 31.4. The number of anilines is 1. The third-order valence-electron chi connectivity index (χ3n) is 7.07. The molecule has 1 amide bonds. The maximum Gasteiger partial charge on any atom is 0.337 e. The van der Waals surface area contributed by atoms with Gasteiger partial charge in [0.1, 0.15) is 5.82 Å². The molecule has 3 heterocycles. The van der Waals surface area contributed by atoms with E-state index >= 15 is 0 Å². The van der Waals surface area contributed by atoms with Gasteiger partial charge in [-0.25, -0.2) is 9.18 Å². The van der Waals surface area contributed by atoms with Crippen molar-refractivity contribution in [2.75, 3.05) is 11.9 Å². The Balaban J connectivity index is 1.50. The summed E-state index contributed by atoms with van der Waals surface area (Å²) >= 11 is 5.75. The van der Waals surface area contributed by atoms with Gasteiger partial charge in [-0.05, 0) is 86.2 Å². The van der Waals surface area contributed by atoms with Crippen LogP contribution in [0.25, 0.3) is 5.69 Å². The quantitative estimate of drug-likeness (QED) is 0.252. The number of nitrogens with one attached hydrogen (secondary N) is 2. The molecule has 2 atom stereocenters. The lowest BCUT2D eigenvalue weighted by molar-refractivity contribution is -0.116. The topological polar surface area (TPSA) is 99.5 Å². The smallest absolute Gasteiger partial charge is 0.337 e. The number of thiocarbonyl (C=S) groups is 1. The molecule has 0 unspecified atom stereocenters. The molecule has 1 aliphatic heterocycles. The Kier molecular flexibility index (Phi) is 7.61. The van der Waals surface area contributed by atoms with Crippen LogP contribution < -0.4 is 10.6 Å². The normalized spacial score (nSPS) is 16.6. The number of hydrogen-bond donors (Lipinski definition) is 3. The highest BCUT2D eigenvalue weighted by Crippen LogP contribution is 2.41. The van der Waals surface area contributed by atoms with Crippen molar-refractivity contribution in [1.82, 2.24) is 19.8 Å². The number of aromatic nitrogens is 2. The van der Waals surface area contributed by atoms with E-state index in [-0.39, 0.29) is 35.8 Å². The van der Waals surface area contributed by atoms with E-state index in [1.807, 2.05) is 53.6 Å². The third kappa shape index (κ3) is 5.30. The molecule has 2 aromatic heterocycles. The van der Waals surface area contributed by atoms with Gasteiger partial charge in [0.25, 0.3) is 0 Å². The number of hydrogen-bond acceptors (Lipinski definition) is 4. The summed E-state index contributed by atoms with van der Waals surface area (Å²) in [6.45, 7) is 4.21. The van der Waals surface area contributed by atoms with Crippen LogP contribution in [0.3, 0.4) is 0 Å². The van der Waals surface area contributed by atoms with Crippen molar-refractivity contribution in [3.8, 4) is 5.69 Å². The highest BCUT2D eigenvalue weighted by molar-refractivity contribution is 7.80. The largest absolute Gasteiger partial charge is 0.478 e. The lowest BCUT2D eigenvalue weighted by Gasteiger charge is -2.28. The zero-order valence-corrected chi connectivity index (χ0v) is 22.8. The SMILES string of the molecule is Cc1cc([C@H]2[C@H](c3ccccn3)NC(=S)N2CCC(=O)Nc2ccc(F)cc2)c(C)n1-c1ccccc1C(=O)O. The number of halogens is 1. The Morgan fingerprint density at radius 2 is 1.80 bits per heavy atom. The fourth-order valence-electron chi connectivity index (χ4n) is 5.27. The Labute approximate surface area is 236 Å². The highest BCUT2D eigenvalue weighted by Gasteiger charge is 2.41. The fourth-order valence-corrected chi connectivity index (χ4v) is 5.60. The second-order valence-corrected chi connectivity index (χ2v) is 10.00. The summed E-state index contributed by atoms with van der Waals surface area (Å²) in [5.74, 6) is -1.61. The molecule has 3 N–H and O–H groups in total. The molecule has 4 aromatic rings. The van der Waals surface area contributed by atoms with Gasteiger partial charge in [0.2, 0.25) is 5.91 Å². The van der Waals surface area contributed by atoms with Crippen molar-refractivity contribution in [3.63, 3.8) is 0 Å². The van der Waals surface area contributed by atoms with Gasteiger partial charge in [0.15, 0.2) is 5.11 Å². The molecular formula is C30H28FN5O3S. The molecule has 204 valence electrons. The first-order valence-electron chi connectivity index (χ1n) is 12.8. The Morgan fingerprint density at radius 1 is 1.07 bits per heavy atom. The minimum Gasteiger partial charge on any atom is -0.478 e. The summed E-state index contributed by atoms with van der Waals surface area (Å²) < 4.78 is 15.2. The van der Waals surface area contributed by atoms with Crippen LogP contribution in [0, 0.1) is 19.7 Å². The number of aryl methyl sites for hydroxylation is 1. The molecule has 5 rings (SSSR count). The molecule has 0 radical (unpaired) electrons. The van der Waals surface area contributed by atoms with Gasteiger partial charge in [-0.1, -0.05) is 18.2 Å². The average Bonchev–Trinajstić information content (AvgIpc) is 3.43. The Bertz CT molecular complexity index is 1570. The monoisotopic (exact) mass is 557 g/mol. The summed E-state index contributed by atoms with van der Waals surface area (Å²) in [5, 5.41) is 16.5. The number of pyridine rings is 1. The minimum atomic E-state index is -1.01. The molecule has 0 aliphatic carbocycles. The van der Waals surface area contributed by atoms with Crippen molar-refractivity contribution >= 4 is 34.9 Å². The summed E-state index contributed by atoms with van der Waals surface area (Å²) in [6, 6.07) is 19.6. The lowest BCUT2D eigenvalue weighted by Crippen LogP contribution is -2.32. The van der Waals surface area contributed by atoms with Crippen LogP contribution in [0.15, 0.2) is 79.0 Å². The zero-order chi connectivity index (χ0) is 28.4. The van der Waals surface area contributed by atoms with E-state index in [4.69, 9.17) is 12.2 Å². The van der Waals surface area contributed by atoms with Crippen LogP contribution in [0.2, 0.25) is 0 Å². The Morgan fingerprint density at radius 3 is 2.50 bits per heavy atom. The number of aromatic carboxylic acids is 1. The first-order chi connectivity index (χ1) is 19.2. The second-order valence-electron chi connectivity index (χ2n) is 9.61. The third-order valence-corrected chi connectivity index (χ3v) is 7.42. The van der Waals surface area contributed by atoms with Crippen molar-refractivity contribution in [2.24, 2.45) is 0 Å². The van der Waals surface area contributed by atoms with E-state index < -0.39 is 5.97 Å². The summed E-state index contributed by atoms with van der Waals surface area (Å²) in [6.07, 6.45) is 1.87. The maximum atomic E-state index is 13.3. The van der Waals surface area contributed by atoms with Crippen molar-refractivity contribution in [1.29, 1.82) is 0 Å². The van der Waals surface area contributed by atoms with Crippen LogP contribution in [0.4, 0.5) is 10.1 Å². The standard InChI is InChI=1S/C30H28FN5O3S/c1-18-17-23(19(2)36(18)25-9-4-3-7-22(25)29(38)39)28-27(24-8-5-6-15-32-24)34-30(40)35(28)16-14-26(37)33-21-12-10-20(31)11-13-21/h3-13,15,17,27-28H,14,16H2,1-2H3,(H,33,37)(H,34,40)(H,38,39)/t27-,28-/m0/s1. The number of para-hydroxylation sites is 1. The number of amides is 1. The zero-order valence-electron chi connectivity index (χ0n) is 22.0. The van der Waals surface area contributed by atoms with Crippen molar-refractivity contribution < 1.29 is 19.1 Å². The van der Waals surface area contributed by atoms with Crippen LogP contribution in [-0.4, -0.2) is 43.1 Å². The summed E-state index contributed by atoms with van der Waals surface area (Å²) in [5.41, 5.74) is 4.76. The molecule has 0 bridgehead atoms. The Hall–Kier alpha value is -4.57. The first kappa shape index (κ1) is 27.0. The van der Waals surface area contributed by atoms with Gasteiger partial charge in [-0.3, -0.25) is 9.78 Å². The molecule has 40 heavy (non-hydrogen) atoms. The summed E-state index contributed by atoms with van der Waals surface area (Å²) in [7, 11) is 0. The van der Waals surface area contributed by atoms with E-state index in [9.17, 15) is 19.1 Å². The maximum absolute atomic E-state index is 13.3. The predicted octanol–water partition coefficient (Wildman–Crippen LogP) is 5.33. The molecule has 0 saturated carbocycles. The van der Waals surface area contributed by atoms with Gasteiger partial charge >= 0.3 is 5.97 Å². The number of rotatable bonds is 8. The van der Waals surface area contributed by atoms with E-state index in [0.29, 0.717) is 23.0 Å². The van der Waals surface area contributed by atoms with Crippen molar-refractivity contribution in [3.05, 3.63) is 113 Å². The van der Waals surface area contributed by atoms with E-state index in [1.54, 1.807) is 24.4 Å². The van der Waals surface area contributed by atoms with Gasteiger partial charge in [0, 0.05) is 36.2 Å². The van der Waals surface area contributed by atoms with E-state index in [2.05, 4.69) is 15.6 Å². The predicted molar refractivity (Wildman–Crippen MR) is 154 cm³/mol. The molecule has 1 fully saturated rings. The van der Waals surface area contributed by atoms with Gasteiger partial charge in [0.05, 0.1) is 29.0 Å². The van der Waals surface area contributed by atoms with E-state index in [0.717, 1.165) is 22.6 Å². The number of carbonyl (C=O) groups is 2. The number of carbonyl (C=O) groups excluding carboxylic acids is 1. The van der Waals surface area contributed by atoms with Gasteiger partial charge in [-0.2, -0.15) is 0 Å². The van der Waals surface area contributed by atoms with E-state index in [1.165, 1.54) is 24.3 Å². The van der Waals surface area contributed by atoms with Crippen molar-refractivity contribution in [2.45, 2.75) is 32.4 Å². The minimum absolute atomic E-state index is 0.144. The van der Waals surface area contributed by atoms with Gasteiger partial charge in [-0.15, -0.1) is 0 Å². The molecular weight excluding hydrogens is 529 g/mol. The lowest BCUT2D eigenvalue weighted by atomic mass is 9.96. The fraction of sp³-hybridized carbons (Fsp3) is 0.200. The molecule has 0 spiro atoms. The first-order valence-corrected chi connectivity index (χ1v) is 13.2. The highest BCUT2D eigenvalue weighted by atomic mass is 32.1. The molecule has 1 saturated heterocycles. The van der Waals surface area contributed by atoms with Gasteiger partial charge < -0.3 is 25.2 Å². The average molecular weight is 558 g/mol. The number of carboxylic acids is 1. The number of nitrogens with zero attached hydrogens (tertiary/aromatic N) is 3. The molecule has 8 nitrogen and oxygen atoms in total. The van der Waals surface area contributed by atoms with Crippen LogP contribution in [-0.2, 0) is 4.79 Å². The number of benzene rings is 2. The number of carboxylic acid groups (broad SMARTS) is 1. The van der Waals surface area contributed by atoms with Crippen LogP contribution >= 0.6 is 12.2 Å². The molecule has 2 aromatic carbocycles. The van der Waals surface area contributed by atoms with Crippen LogP contribution in [0.1, 0.15) is 51.5 Å². The molecule has 1 aliphatic rings. The van der Waals surface area contributed by atoms with Crippen LogP contribution in [0.5, 0.6) is 0 Å². The molecule has 10 heteroatoms.